The summed E-state index contributed by atoms with van der Waals surface area (Å²) in [6, 6.07) is 12.1. The summed E-state index contributed by atoms with van der Waals surface area (Å²) in [4.78, 5) is 18.1. The van der Waals surface area contributed by atoms with Gasteiger partial charge in [-0.15, -0.1) is 11.3 Å². The number of sulfonamides is 1. The molecule has 0 spiro atoms. The van der Waals surface area contributed by atoms with Gasteiger partial charge in [0.1, 0.15) is 4.21 Å². The zero-order valence-corrected chi connectivity index (χ0v) is 19.8. The monoisotopic (exact) mass is 461 g/mol. The van der Waals surface area contributed by atoms with E-state index in [1.54, 1.807) is 16.4 Å². The van der Waals surface area contributed by atoms with Crippen LogP contribution in [-0.4, -0.2) is 67.7 Å². The Morgan fingerprint density at radius 3 is 2.39 bits per heavy atom. The molecule has 0 saturated carbocycles. The molecule has 0 bridgehead atoms. The summed E-state index contributed by atoms with van der Waals surface area (Å²) in [5.74, 6) is 0.0872. The van der Waals surface area contributed by atoms with Gasteiger partial charge in [-0.2, -0.15) is 4.31 Å². The van der Waals surface area contributed by atoms with Gasteiger partial charge in [0, 0.05) is 50.7 Å². The summed E-state index contributed by atoms with van der Waals surface area (Å²) in [5.41, 5.74) is 2.57. The maximum absolute atomic E-state index is 12.9. The van der Waals surface area contributed by atoms with E-state index in [0.717, 1.165) is 56.9 Å². The van der Waals surface area contributed by atoms with Gasteiger partial charge in [0.05, 0.1) is 6.42 Å². The molecule has 0 N–H and O–H groups in total. The van der Waals surface area contributed by atoms with Crippen LogP contribution in [0.1, 0.15) is 35.3 Å². The fourth-order valence-corrected chi connectivity index (χ4v) is 7.26. The molecular weight excluding hydrogens is 430 g/mol. The van der Waals surface area contributed by atoms with Crippen LogP contribution in [0.15, 0.2) is 40.6 Å². The number of carbonyl (C=O) groups is 1. The van der Waals surface area contributed by atoms with Gasteiger partial charge < -0.3 is 4.90 Å². The first-order chi connectivity index (χ1) is 14.9. The van der Waals surface area contributed by atoms with Crippen molar-refractivity contribution in [3.8, 4) is 0 Å². The molecule has 0 atom stereocenters. The Morgan fingerprint density at radius 1 is 0.903 bits per heavy atom. The fraction of sp³-hybridized carbons (Fsp3) is 0.522. The first-order valence-corrected chi connectivity index (χ1v) is 13.3. The third-order valence-electron chi connectivity index (χ3n) is 6.09. The molecular formula is C23H31N3O3S2. The molecule has 1 amide bonds. The van der Waals surface area contributed by atoms with Gasteiger partial charge in [-0.05, 0) is 43.9 Å². The minimum atomic E-state index is -3.40. The summed E-state index contributed by atoms with van der Waals surface area (Å²) in [6.45, 7) is 7.52. The lowest BCUT2D eigenvalue weighted by atomic mass is 10.1. The van der Waals surface area contributed by atoms with E-state index >= 15 is 0 Å². The van der Waals surface area contributed by atoms with Crippen LogP contribution >= 0.6 is 11.3 Å². The number of benzene rings is 1. The molecule has 2 aliphatic rings. The number of nitrogens with zero attached hydrogens (tertiary/aromatic N) is 3. The molecule has 2 aliphatic heterocycles. The van der Waals surface area contributed by atoms with Crippen molar-refractivity contribution in [2.24, 2.45) is 0 Å². The minimum absolute atomic E-state index is 0.0872. The maximum atomic E-state index is 12.9. The zero-order chi connectivity index (χ0) is 21.8. The van der Waals surface area contributed by atoms with Crippen LogP contribution in [0.2, 0.25) is 0 Å². The number of rotatable bonds is 6. The Bertz CT molecular complexity index is 995. The molecule has 0 aliphatic carbocycles. The third kappa shape index (κ3) is 5.55. The largest absolute Gasteiger partial charge is 0.341 e. The Morgan fingerprint density at radius 2 is 1.65 bits per heavy atom. The molecule has 2 saturated heterocycles. The number of hydrogen-bond donors (Lipinski definition) is 0. The predicted molar refractivity (Wildman–Crippen MR) is 124 cm³/mol. The number of hydrogen-bond acceptors (Lipinski definition) is 5. The van der Waals surface area contributed by atoms with E-state index in [2.05, 4.69) is 36.1 Å². The fourth-order valence-electron chi connectivity index (χ4n) is 4.24. The first-order valence-electron chi connectivity index (χ1n) is 11.1. The minimum Gasteiger partial charge on any atom is -0.341 e. The van der Waals surface area contributed by atoms with E-state index in [-0.39, 0.29) is 12.3 Å². The summed E-state index contributed by atoms with van der Waals surface area (Å²) >= 11 is 1.24. The van der Waals surface area contributed by atoms with Crippen molar-refractivity contribution in [1.29, 1.82) is 0 Å². The normalized spacial score (nSPS) is 18.9. The molecule has 168 valence electrons. The molecule has 4 rings (SSSR count). The molecule has 0 radical (unpaired) electrons. The van der Waals surface area contributed by atoms with Crippen molar-refractivity contribution in [2.45, 2.75) is 43.4 Å². The van der Waals surface area contributed by atoms with E-state index in [0.29, 0.717) is 17.3 Å². The van der Waals surface area contributed by atoms with Crippen LogP contribution in [-0.2, 0) is 27.8 Å². The van der Waals surface area contributed by atoms with Crippen molar-refractivity contribution in [3.05, 3.63) is 52.4 Å². The standard InChI is InChI=1S/C23H31N3O3S2/c1-19-5-7-20(8-6-19)18-24-11-4-12-25(16-15-24)22(27)17-21-9-10-23(30-21)31(28,29)26-13-2-3-14-26/h5-10H,2-4,11-18H2,1H3. The molecule has 6 nitrogen and oxygen atoms in total. The number of carbonyl (C=O) groups excluding carboxylic acids is 1. The quantitative estimate of drug-likeness (QED) is 0.663. The van der Waals surface area contributed by atoms with Crippen molar-refractivity contribution >= 4 is 27.3 Å². The number of aryl methyl sites for hydroxylation is 1. The van der Waals surface area contributed by atoms with E-state index in [1.807, 2.05) is 4.90 Å². The average molecular weight is 462 g/mol. The smallest absolute Gasteiger partial charge is 0.252 e. The molecule has 3 heterocycles. The Balaban J connectivity index is 1.32. The van der Waals surface area contributed by atoms with E-state index in [1.165, 1.54) is 22.5 Å². The van der Waals surface area contributed by atoms with Crippen molar-refractivity contribution < 1.29 is 13.2 Å². The molecule has 31 heavy (non-hydrogen) atoms. The molecule has 1 aromatic heterocycles. The topological polar surface area (TPSA) is 60.9 Å². The summed E-state index contributed by atoms with van der Waals surface area (Å²) in [5, 5.41) is 0. The molecule has 1 aromatic carbocycles. The predicted octanol–water partition coefficient (Wildman–Crippen LogP) is 3.12. The Kier molecular flexibility index (Phi) is 7.11. The van der Waals surface area contributed by atoms with E-state index < -0.39 is 10.0 Å². The highest BCUT2D eigenvalue weighted by Gasteiger charge is 2.29. The average Bonchev–Trinajstić information content (AvgIpc) is 3.40. The molecule has 2 fully saturated rings. The maximum Gasteiger partial charge on any atom is 0.252 e. The lowest BCUT2D eigenvalue weighted by Crippen LogP contribution is -2.35. The highest BCUT2D eigenvalue weighted by atomic mass is 32.2. The Hall–Kier alpha value is -1.74. The summed E-state index contributed by atoms with van der Waals surface area (Å²) in [7, 11) is -3.40. The Labute approximate surface area is 189 Å². The van der Waals surface area contributed by atoms with E-state index in [9.17, 15) is 13.2 Å². The molecule has 2 aromatic rings. The van der Waals surface area contributed by atoms with Gasteiger partial charge >= 0.3 is 0 Å². The van der Waals surface area contributed by atoms with Gasteiger partial charge in [0.25, 0.3) is 10.0 Å². The van der Waals surface area contributed by atoms with Gasteiger partial charge in [-0.3, -0.25) is 9.69 Å². The lowest BCUT2D eigenvalue weighted by molar-refractivity contribution is -0.130. The van der Waals surface area contributed by atoms with Gasteiger partial charge in [-0.1, -0.05) is 29.8 Å². The van der Waals surface area contributed by atoms with Crippen LogP contribution in [0.25, 0.3) is 0 Å². The zero-order valence-electron chi connectivity index (χ0n) is 18.1. The summed E-state index contributed by atoms with van der Waals surface area (Å²) < 4.78 is 27.4. The van der Waals surface area contributed by atoms with Gasteiger partial charge in [0.15, 0.2) is 0 Å². The van der Waals surface area contributed by atoms with Crippen LogP contribution in [0.5, 0.6) is 0 Å². The number of thiophene rings is 1. The van der Waals surface area contributed by atoms with Gasteiger partial charge in [0.2, 0.25) is 5.91 Å². The lowest BCUT2D eigenvalue weighted by Gasteiger charge is -2.22. The van der Waals surface area contributed by atoms with Crippen LogP contribution < -0.4 is 0 Å². The second-order valence-electron chi connectivity index (χ2n) is 8.50. The van der Waals surface area contributed by atoms with Crippen molar-refractivity contribution in [1.82, 2.24) is 14.1 Å². The van der Waals surface area contributed by atoms with Gasteiger partial charge in [-0.25, -0.2) is 8.42 Å². The SMILES string of the molecule is Cc1ccc(CN2CCCN(C(=O)Cc3ccc(S(=O)(=O)N4CCCC4)s3)CC2)cc1. The molecule has 0 unspecified atom stereocenters. The number of amides is 1. The first kappa shape index (κ1) is 22.5. The van der Waals surface area contributed by atoms with Crippen LogP contribution in [0.3, 0.4) is 0 Å². The van der Waals surface area contributed by atoms with Crippen molar-refractivity contribution in [2.75, 3.05) is 39.3 Å². The molecule has 8 heteroatoms. The third-order valence-corrected chi connectivity index (χ3v) is 9.54. The van der Waals surface area contributed by atoms with E-state index in [4.69, 9.17) is 0 Å². The highest BCUT2D eigenvalue weighted by molar-refractivity contribution is 7.91. The van der Waals surface area contributed by atoms with Crippen LogP contribution in [0.4, 0.5) is 0 Å². The van der Waals surface area contributed by atoms with Crippen LogP contribution in [0, 0.1) is 6.92 Å². The second kappa shape index (κ2) is 9.81. The second-order valence-corrected chi connectivity index (χ2v) is 11.8. The van der Waals surface area contributed by atoms with Crippen molar-refractivity contribution in [3.63, 3.8) is 0 Å². The summed E-state index contributed by atoms with van der Waals surface area (Å²) in [6.07, 6.45) is 3.08. The highest BCUT2D eigenvalue weighted by Crippen LogP contribution is 2.28.